The van der Waals surface area contributed by atoms with Gasteiger partial charge in [0.1, 0.15) is 18.4 Å². The zero-order valence-electron chi connectivity index (χ0n) is 14.3. The minimum Gasteiger partial charge on any atom is -0.481 e. The average Bonchev–Trinajstić information content (AvgIpc) is 2.62. The molecule has 1 heterocycles. The first-order valence-electron chi connectivity index (χ1n) is 8.02. The van der Waals surface area contributed by atoms with Gasteiger partial charge in [-0.25, -0.2) is 8.42 Å². The third-order valence-electron chi connectivity index (χ3n) is 3.67. The van der Waals surface area contributed by atoms with Crippen molar-refractivity contribution >= 4 is 16.0 Å². The molecule has 1 unspecified atom stereocenters. The van der Waals surface area contributed by atoms with E-state index < -0.39 is 22.0 Å². The van der Waals surface area contributed by atoms with Gasteiger partial charge in [0.25, 0.3) is 0 Å². The molecule has 25 heavy (non-hydrogen) atoms. The van der Waals surface area contributed by atoms with Crippen LogP contribution in [0.4, 0.5) is 0 Å². The number of sulfonamides is 1. The molecule has 2 rings (SSSR count). The first-order chi connectivity index (χ1) is 12.0. The molecule has 7 nitrogen and oxygen atoms in total. The summed E-state index contributed by atoms with van der Waals surface area (Å²) in [5.41, 5.74) is 0. The number of benzene rings is 1. The SMILES string of the molecule is CC#CCOc1ccc(S(=O)(=O)N2CCNCC2C(=O)OCC)cc1. The molecule has 1 aliphatic heterocycles. The van der Waals surface area contributed by atoms with Crippen LogP contribution in [0.25, 0.3) is 0 Å². The topological polar surface area (TPSA) is 84.9 Å². The van der Waals surface area contributed by atoms with Crippen molar-refractivity contribution in [3.8, 4) is 17.6 Å². The second-order valence-electron chi connectivity index (χ2n) is 5.27. The van der Waals surface area contributed by atoms with Crippen LogP contribution in [-0.2, 0) is 19.6 Å². The predicted molar refractivity (Wildman–Crippen MR) is 92.6 cm³/mol. The molecule has 1 saturated heterocycles. The quantitative estimate of drug-likeness (QED) is 0.587. The highest BCUT2D eigenvalue weighted by Crippen LogP contribution is 2.22. The van der Waals surface area contributed by atoms with E-state index in [0.717, 1.165) is 0 Å². The fraction of sp³-hybridized carbons (Fsp3) is 0.471. The number of hydrogen-bond donors (Lipinski definition) is 1. The zero-order valence-corrected chi connectivity index (χ0v) is 15.1. The summed E-state index contributed by atoms with van der Waals surface area (Å²) in [6.07, 6.45) is 0. The highest BCUT2D eigenvalue weighted by molar-refractivity contribution is 7.89. The molecule has 0 spiro atoms. The summed E-state index contributed by atoms with van der Waals surface area (Å²) in [5, 5.41) is 3.03. The van der Waals surface area contributed by atoms with Crippen molar-refractivity contribution in [3.05, 3.63) is 24.3 Å². The van der Waals surface area contributed by atoms with Gasteiger partial charge in [0, 0.05) is 19.6 Å². The summed E-state index contributed by atoms with van der Waals surface area (Å²) in [5.74, 6) is 5.47. The Bertz CT molecular complexity index is 749. The van der Waals surface area contributed by atoms with Crippen LogP contribution in [0, 0.1) is 11.8 Å². The molecule has 8 heteroatoms. The molecule has 1 aliphatic rings. The summed E-state index contributed by atoms with van der Waals surface area (Å²) < 4.78 is 37.4. The highest BCUT2D eigenvalue weighted by atomic mass is 32.2. The molecular weight excluding hydrogens is 344 g/mol. The molecule has 0 saturated carbocycles. The second-order valence-corrected chi connectivity index (χ2v) is 7.17. The van der Waals surface area contributed by atoms with Crippen molar-refractivity contribution in [1.82, 2.24) is 9.62 Å². The minimum absolute atomic E-state index is 0.109. The van der Waals surface area contributed by atoms with Gasteiger partial charge in [-0.2, -0.15) is 4.31 Å². The Labute approximate surface area is 148 Å². The Hall–Kier alpha value is -2.08. The molecule has 1 aromatic carbocycles. The van der Waals surface area contributed by atoms with Gasteiger partial charge in [-0.3, -0.25) is 4.79 Å². The lowest BCUT2D eigenvalue weighted by Gasteiger charge is -2.33. The maximum absolute atomic E-state index is 12.9. The standard InChI is InChI=1S/C17H22N2O5S/c1-3-5-12-24-14-6-8-15(9-7-14)25(21,22)19-11-10-18-13-16(19)17(20)23-4-2/h6-9,16,18H,4,10-13H2,1-2H3. The number of ether oxygens (including phenoxy) is 2. The summed E-state index contributed by atoms with van der Waals surface area (Å²) in [6.45, 7) is 4.76. The molecule has 0 aromatic heterocycles. The van der Waals surface area contributed by atoms with Crippen LogP contribution in [0.1, 0.15) is 13.8 Å². The van der Waals surface area contributed by atoms with Crippen molar-refractivity contribution < 1.29 is 22.7 Å². The largest absolute Gasteiger partial charge is 0.481 e. The van der Waals surface area contributed by atoms with E-state index in [1.165, 1.54) is 16.4 Å². The number of piperazine rings is 1. The Kier molecular flexibility index (Phi) is 6.82. The van der Waals surface area contributed by atoms with Crippen LogP contribution in [-0.4, -0.2) is 57.6 Å². The Morgan fingerprint density at radius 1 is 1.36 bits per heavy atom. The van der Waals surface area contributed by atoms with E-state index in [0.29, 0.717) is 12.3 Å². The van der Waals surface area contributed by atoms with Gasteiger partial charge in [-0.1, -0.05) is 5.92 Å². The van der Waals surface area contributed by atoms with Crippen molar-refractivity contribution in [2.75, 3.05) is 32.8 Å². The third-order valence-corrected chi connectivity index (χ3v) is 5.59. The van der Waals surface area contributed by atoms with Gasteiger partial charge in [0.05, 0.1) is 11.5 Å². The molecule has 1 atom stereocenters. The maximum Gasteiger partial charge on any atom is 0.325 e. The maximum atomic E-state index is 12.9. The molecule has 136 valence electrons. The number of carbonyl (C=O) groups is 1. The lowest BCUT2D eigenvalue weighted by molar-refractivity contribution is -0.148. The molecule has 1 fully saturated rings. The van der Waals surface area contributed by atoms with E-state index in [1.807, 2.05) is 0 Å². The van der Waals surface area contributed by atoms with Gasteiger partial charge in [-0.05, 0) is 38.1 Å². The molecule has 1 N–H and O–H groups in total. The molecule has 0 radical (unpaired) electrons. The van der Waals surface area contributed by atoms with E-state index in [2.05, 4.69) is 17.2 Å². The normalized spacial score (nSPS) is 18.1. The molecule has 0 amide bonds. The molecule has 0 aliphatic carbocycles. The molecule has 1 aromatic rings. The third kappa shape index (κ3) is 4.72. The van der Waals surface area contributed by atoms with E-state index >= 15 is 0 Å². The first-order valence-corrected chi connectivity index (χ1v) is 9.46. The number of hydrogen-bond acceptors (Lipinski definition) is 6. The van der Waals surface area contributed by atoms with Crippen LogP contribution in [0.3, 0.4) is 0 Å². The predicted octanol–water partition coefficient (Wildman–Crippen LogP) is 0.614. The van der Waals surface area contributed by atoms with E-state index in [4.69, 9.17) is 9.47 Å². The fourth-order valence-corrected chi connectivity index (χ4v) is 4.03. The summed E-state index contributed by atoms with van der Waals surface area (Å²) >= 11 is 0. The van der Waals surface area contributed by atoms with Crippen LogP contribution < -0.4 is 10.1 Å². The summed E-state index contributed by atoms with van der Waals surface area (Å²) in [6, 6.07) is 5.22. The van der Waals surface area contributed by atoms with E-state index in [9.17, 15) is 13.2 Å². The summed E-state index contributed by atoms with van der Waals surface area (Å²) in [4.78, 5) is 12.2. The summed E-state index contributed by atoms with van der Waals surface area (Å²) in [7, 11) is -3.81. The van der Waals surface area contributed by atoms with Crippen LogP contribution >= 0.6 is 0 Å². The number of nitrogens with one attached hydrogen (secondary N) is 1. The lowest BCUT2D eigenvalue weighted by atomic mass is 10.2. The van der Waals surface area contributed by atoms with Crippen LogP contribution in [0.15, 0.2) is 29.2 Å². The Balaban J connectivity index is 2.20. The highest BCUT2D eigenvalue weighted by Gasteiger charge is 2.38. The Morgan fingerprint density at radius 2 is 2.08 bits per heavy atom. The fourth-order valence-electron chi connectivity index (χ4n) is 2.45. The van der Waals surface area contributed by atoms with Gasteiger partial charge in [-0.15, -0.1) is 5.92 Å². The van der Waals surface area contributed by atoms with E-state index in [1.54, 1.807) is 26.0 Å². The van der Waals surface area contributed by atoms with Gasteiger partial charge < -0.3 is 14.8 Å². The number of carbonyl (C=O) groups excluding carboxylic acids is 1. The van der Waals surface area contributed by atoms with Crippen molar-refractivity contribution in [2.45, 2.75) is 24.8 Å². The molecule has 0 bridgehead atoms. The lowest BCUT2D eigenvalue weighted by Crippen LogP contribution is -2.57. The van der Waals surface area contributed by atoms with E-state index in [-0.39, 0.29) is 31.2 Å². The molecular formula is C17H22N2O5S. The van der Waals surface area contributed by atoms with Crippen LogP contribution in [0.5, 0.6) is 5.75 Å². The Morgan fingerprint density at radius 3 is 2.72 bits per heavy atom. The number of nitrogens with zero attached hydrogens (tertiary/aromatic N) is 1. The second kappa shape index (κ2) is 8.85. The number of rotatable bonds is 6. The average molecular weight is 366 g/mol. The first kappa shape index (κ1) is 19.2. The number of esters is 1. The minimum atomic E-state index is -3.81. The van der Waals surface area contributed by atoms with Crippen molar-refractivity contribution in [3.63, 3.8) is 0 Å². The van der Waals surface area contributed by atoms with Crippen molar-refractivity contribution in [2.24, 2.45) is 0 Å². The van der Waals surface area contributed by atoms with Gasteiger partial charge in [0.15, 0.2) is 0 Å². The van der Waals surface area contributed by atoms with Gasteiger partial charge in [0.2, 0.25) is 10.0 Å². The van der Waals surface area contributed by atoms with Gasteiger partial charge >= 0.3 is 5.97 Å². The van der Waals surface area contributed by atoms with Crippen LogP contribution in [0.2, 0.25) is 0 Å². The smallest absolute Gasteiger partial charge is 0.325 e. The van der Waals surface area contributed by atoms with Crippen molar-refractivity contribution in [1.29, 1.82) is 0 Å². The zero-order chi connectivity index (χ0) is 18.3. The monoisotopic (exact) mass is 366 g/mol.